The fourth-order valence-electron chi connectivity index (χ4n) is 4.59. The standard InChI is InChI=1S/C31H29N3O/c1-22-11-9-10-16-27(22)26-17-19-29-33-31(25-14-7-4-8-15-25)28(34(29)21-26)18-20-30(35)32-23(2)24-12-5-3-6-13-24/h3-17,19,21,23H,18,20H2,1-2H3,(H,32,35)/t23-/m1/s1. The SMILES string of the molecule is Cc1ccccc1-c1ccc2nc(-c3ccccc3)c(CCC(=O)N[C@H](C)c3ccccc3)n2c1. The van der Waals surface area contributed by atoms with E-state index in [1.165, 1.54) is 11.1 Å². The summed E-state index contributed by atoms with van der Waals surface area (Å²) in [6.07, 6.45) is 3.13. The lowest BCUT2D eigenvalue weighted by Gasteiger charge is -2.14. The molecule has 35 heavy (non-hydrogen) atoms. The van der Waals surface area contributed by atoms with Gasteiger partial charge >= 0.3 is 0 Å². The summed E-state index contributed by atoms with van der Waals surface area (Å²) in [6, 6.07) is 32.8. The van der Waals surface area contributed by atoms with E-state index in [1.54, 1.807) is 0 Å². The lowest BCUT2D eigenvalue weighted by molar-refractivity contribution is -0.121. The summed E-state index contributed by atoms with van der Waals surface area (Å²) in [5.41, 5.74) is 8.58. The minimum absolute atomic E-state index is 0.0328. The molecule has 1 N–H and O–H groups in total. The molecule has 0 saturated heterocycles. The average Bonchev–Trinajstić information content (AvgIpc) is 3.26. The van der Waals surface area contributed by atoms with Crippen molar-refractivity contribution in [2.45, 2.75) is 32.7 Å². The normalized spacial score (nSPS) is 11.9. The Morgan fingerprint density at radius 2 is 1.54 bits per heavy atom. The molecule has 2 heterocycles. The van der Waals surface area contributed by atoms with Gasteiger partial charge in [0.2, 0.25) is 5.91 Å². The zero-order valence-electron chi connectivity index (χ0n) is 20.1. The van der Waals surface area contributed by atoms with E-state index >= 15 is 0 Å². The van der Waals surface area contributed by atoms with Gasteiger partial charge in [-0.1, -0.05) is 84.9 Å². The first-order chi connectivity index (χ1) is 17.1. The topological polar surface area (TPSA) is 46.4 Å². The van der Waals surface area contributed by atoms with Gasteiger partial charge in [0.25, 0.3) is 0 Å². The number of hydrogen-bond acceptors (Lipinski definition) is 2. The Hall–Kier alpha value is -4.18. The molecule has 3 aromatic carbocycles. The second kappa shape index (κ2) is 9.98. The Kier molecular flexibility index (Phi) is 6.44. The number of aromatic nitrogens is 2. The Bertz CT molecular complexity index is 1460. The summed E-state index contributed by atoms with van der Waals surface area (Å²) in [7, 11) is 0. The maximum absolute atomic E-state index is 12.9. The highest BCUT2D eigenvalue weighted by molar-refractivity contribution is 5.77. The molecule has 4 heteroatoms. The molecule has 5 aromatic rings. The van der Waals surface area contributed by atoms with Crippen LogP contribution in [0, 0.1) is 6.92 Å². The second-order valence-electron chi connectivity index (χ2n) is 8.93. The smallest absolute Gasteiger partial charge is 0.220 e. The van der Waals surface area contributed by atoms with Crippen molar-refractivity contribution < 1.29 is 4.79 Å². The van der Waals surface area contributed by atoms with Crippen LogP contribution in [-0.2, 0) is 11.2 Å². The summed E-state index contributed by atoms with van der Waals surface area (Å²) >= 11 is 0. The van der Waals surface area contributed by atoms with Gasteiger partial charge in [0.15, 0.2) is 0 Å². The molecule has 2 aromatic heterocycles. The molecule has 0 radical (unpaired) electrons. The molecule has 0 aliphatic carbocycles. The van der Waals surface area contributed by atoms with E-state index in [9.17, 15) is 4.79 Å². The number of imidazole rings is 1. The largest absolute Gasteiger partial charge is 0.350 e. The maximum atomic E-state index is 12.9. The van der Waals surface area contributed by atoms with Crippen LogP contribution >= 0.6 is 0 Å². The van der Waals surface area contributed by atoms with Gasteiger partial charge in [-0.05, 0) is 54.7 Å². The van der Waals surface area contributed by atoms with Crippen LogP contribution in [-0.4, -0.2) is 15.3 Å². The first-order valence-corrected chi connectivity index (χ1v) is 12.1. The summed E-state index contributed by atoms with van der Waals surface area (Å²) in [6.45, 7) is 4.15. The van der Waals surface area contributed by atoms with Crippen LogP contribution in [0.4, 0.5) is 0 Å². The van der Waals surface area contributed by atoms with Crippen molar-refractivity contribution >= 4 is 11.6 Å². The molecule has 0 aliphatic rings. The van der Waals surface area contributed by atoms with Crippen LogP contribution in [0.5, 0.6) is 0 Å². The maximum Gasteiger partial charge on any atom is 0.220 e. The fraction of sp³-hybridized carbons (Fsp3) is 0.161. The number of nitrogens with zero attached hydrogens (tertiary/aromatic N) is 2. The number of fused-ring (bicyclic) bond motifs is 1. The van der Waals surface area contributed by atoms with Crippen molar-refractivity contribution in [3.8, 4) is 22.4 Å². The Morgan fingerprint density at radius 1 is 0.857 bits per heavy atom. The van der Waals surface area contributed by atoms with Gasteiger partial charge in [-0.25, -0.2) is 4.98 Å². The van der Waals surface area contributed by atoms with E-state index < -0.39 is 0 Å². The quantitative estimate of drug-likeness (QED) is 0.291. The van der Waals surface area contributed by atoms with Gasteiger partial charge in [-0.2, -0.15) is 0 Å². The number of nitrogens with one attached hydrogen (secondary N) is 1. The number of amides is 1. The highest BCUT2D eigenvalue weighted by atomic mass is 16.1. The fourth-order valence-corrected chi connectivity index (χ4v) is 4.59. The van der Waals surface area contributed by atoms with Crippen molar-refractivity contribution in [1.82, 2.24) is 14.7 Å². The van der Waals surface area contributed by atoms with Gasteiger partial charge < -0.3 is 9.72 Å². The molecule has 0 bridgehead atoms. The van der Waals surface area contributed by atoms with E-state index in [2.05, 4.69) is 71.4 Å². The lowest BCUT2D eigenvalue weighted by Crippen LogP contribution is -2.26. The zero-order valence-corrected chi connectivity index (χ0v) is 20.1. The summed E-state index contributed by atoms with van der Waals surface area (Å²) < 4.78 is 2.15. The van der Waals surface area contributed by atoms with Gasteiger partial charge in [-0.3, -0.25) is 4.79 Å². The van der Waals surface area contributed by atoms with E-state index in [0.717, 1.165) is 33.7 Å². The van der Waals surface area contributed by atoms with Crippen LogP contribution in [0.15, 0.2) is 103 Å². The third-order valence-corrected chi connectivity index (χ3v) is 6.49. The number of carbonyl (C=O) groups is 1. The van der Waals surface area contributed by atoms with Crippen molar-refractivity contribution in [3.05, 3.63) is 120 Å². The molecular formula is C31H29N3O. The molecule has 4 nitrogen and oxygen atoms in total. The van der Waals surface area contributed by atoms with Crippen LogP contribution in [0.3, 0.4) is 0 Å². The summed E-state index contributed by atoms with van der Waals surface area (Å²) in [4.78, 5) is 17.9. The molecule has 0 saturated carbocycles. The molecule has 0 aliphatic heterocycles. The van der Waals surface area contributed by atoms with Gasteiger partial charge in [0.05, 0.1) is 17.4 Å². The highest BCUT2D eigenvalue weighted by Crippen LogP contribution is 2.29. The van der Waals surface area contributed by atoms with Gasteiger partial charge in [0.1, 0.15) is 5.65 Å². The minimum Gasteiger partial charge on any atom is -0.350 e. The minimum atomic E-state index is -0.0351. The van der Waals surface area contributed by atoms with E-state index in [-0.39, 0.29) is 11.9 Å². The van der Waals surface area contributed by atoms with Crippen molar-refractivity contribution in [2.75, 3.05) is 0 Å². The van der Waals surface area contributed by atoms with Crippen molar-refractivity contribution in [2.24, 2.45) is 0 Å². The second-order valence-corrected chi connectivity index (χ2v) is 8.93. The monoisotopic (exact) mass is 459 g/mol. The molecule has 174 valence electrons. The third-order valence-electron chi connectivity index (χ3n) is 6.49. The van der Waals surface area contributed by atoms with E-state index in [1.807, 2.05) is 55.5 Å². The lowest BCUT2D eigenvalue weighted by atomic mass is 10.0. The van der Waals surface area contributed by atoms with Crippen LogP contribution in [0.25, 0.3) is 28.0 Å². The van der Waals surface area contributed by atoms with E-state index in [4.69, 9.17) is 4.98 Å². The van der Waals surface area contributed by atoms with Gasteiger partial charge in [-0.15, -0.1) is 0 Å². The number of benzene rings is 3. The predicted molar refractivity (Wildman–Crippen MR) is 142 cm³/mol. The molecular weight excluding hydrogens is 430 g/mol. The number of pyridine rings is 1. The first kappa shape index (κ1) is 22.6. The summed E-state index contributed by atoms with van der Waals surface area (Å²) in [5.74, 6) is 0.0328. The van der Waals surface area contributed by atoms with Crippen molar-refractivity contribution in [3.63, 3.8) is 0 Å². The van der Waals surface area contributed by atoms with Crippen LogP contribution in [0.2, 0.25) is 0 Å². The Balaban J connectivity index is 1.47. The molecule has 5 rings (SSSR count). The molecule has 0 fully saturated rings. The molecule has 1 atom stereocenters. The zero-order chi connectivity index (χ0) is 24.2. The Labute approximate surface area is 206 Å². The number of carbonyl (C=O) groups excluding carboxylic acids is 1. The number of aryl methyl sites for hydroxylation is 2. The predicted octanol–water partition coefficient (Wildman–Crippen LogP) is 6.79. The van der Waals surface area contributed by atoms with E-state index in [0.29, 0.717) is 12.8 Å². The molecule has 0 spiro atoms. The number of rotatable bonds is 7. The highest BCUT2D eigenvalue weighted by Gasteiger charge is 2.17. The average molecular weight is 460 g/mol. The first-order valence-electron chi connectivity index (χ1n) is 12.1. The molecule has 1 amide bonds. The van der Waals surface area contributed by atoms with Crippen molar-refractivity contribution in [1.29, 1.82) is 0 Å². The molecule has 0 unspecified atom stereocenters. The van der Waals surface area contributed by atoms with Crippen LogP contribution in [0.1, 0.15) is 36.2 Å². The van der Waals surface area contributed by atoms with Gasteiger partial charge in [0, 0.05) is 18.2 Å². The Morgan fingerprint density at radius 3 is 2.29 bits per heavy atom. The third kappa shape index (κ3) is 4.87. The van der Waals surface area contributed by atoms with Crippen LogP contribution < -0.4 is 5.32 Å². The number of hydrogen-bond donors (Lipinski definition) is 1. The summed E-state index contributed by atoms with van der Waals surface area (Å²) in [5, 5.41) is 3.14.